The number of carboxylic acid groups (broad SMARTS) is 1. The molecule has 4 heteroatoms. The lowest BCUT2D eigenvalue weighted by Crippen LogP contribution is -2.21. The van der Waals surface area contributed by atoms with Crippen LogP contribution in [0.15, 0.2) is 28.9 Å². The van der Waals surface area contributed by atoms with Gasteiger partial charge >= 0.3 is 5.97 Å². The third kappa shape index (κ3) is 2.06. The fraction of sp³-hybridized carbons (Fsp3) is 0.357. The molecule has 0 aliphatic heterocycles. The zero-order valence-electron chi connectivity index (χ0n) is 10.7. The number of carboxylic acids is 1. The standard InChI is InChI=1S/C14H16O4/c1-14(2,8-12(15)16)10-4-5-11(17-3)13-9(10)6-7-18-13/h4-7H,8H2,1-3H3,(H,15,16). The summed E-state index contributed by atoms with van der Waals surface area (Å²) in [5.41, 5.74) is 1.16. The number of aliphatic carboxylic acids is 1. The number of ether oxygens (including phenoxy) is 1. The smallest absolute Gasteiger partial charge is 0.304 e. The second-order valence-electron chi connectivity index (χ2n) is 4.93. The van der Waals surface area contributed by atoms with Crippen molar-refractivity contribution in [3.63, 3.8) is 0 Å². The van der Waals surface area contributed by atoms with Gasteiger partial charge in [0.25, 0.3) is 0 Å². The zero-order chi connectivity index (χ0) is 13.3. The van der Waals surface area contributed by atoms with Gasteiger partial charge in [-0.3, -0.25) is 4.79 Å². The number of fused-ring (bicyclic) bond motifs is 1. The monoisotopic (exact) mass is 248 g/mol. The summed E-state index contributed by atoms with van der Waals surface area (Å²) in [6, 6.07) is 5.56. The predicted octanol–water partition coefficient (Wildman–Crippen LogP) is 3.19. The molecule has 18 heavy (non-hydrogen) atoms. The molecule has 1 aromatic heterocycles. The van der Waals surface area contributed by atoms with Gasteiger partial charge in [-0.1, -0.05) is 19.9 Å². The molecule has 0 radical (unpaired) electrons. The minimum atomic E-state index is -0.813. The van der Waals surface area contributed by atoms with Gasteiger partial charge in [-0.2, -0.15) is 0 Å². The van der Waals surface area contributed by atoms with Crippen molar-refractivity contribution >= 4 is 16.9 Å². The SMILES string of the molecule is COc1ccc(C(C)(C)CC(=O)O)c2ccoc12. The summed E-state index contributed by atoms with van der Waals surface area (Å²) in [6.45, 7) is 3.82. The van der Waals surface area contributed by atoms with Crippen LogP contribution in [0.4, 0.5) is 0 Å². The summed E-state index contributed by atoms with van der Waals surface area (Å²) in [6.07, 6.45) is 1.66. The first kappa shape index (κ1) is 12.5. The highest BCUT2D eigenvalue weighted by Crippen LogP contribution is 2.37. The van der Waals surface area contributed by atoms with Crippen molar-refractivity contribution in [3.05, 3.63) is 30.0 Å². The van der Waals surface area contributed by atoms with E-state index in [1.54, 1.807) is 13.4 Å². The molecule has 1 aromatic carbocycles. The summed E-state index contributed by atoms with van der Waals surface area (Å²) in [4.78, 5) is 10.9. The Morgan fingerprint density at radius 1 is 1.39 bits per heavy atom. The molecular weight excluding hydrogens is 232 g/mol. The van der Waals surface area contributed by atoms with Crippen molar-refractivity contribution < 1.29 is 19.1 Å². The Morgan fingerprint density at radius 2 is 2.11 bits per heavy atom. The van der Waals surface area contributed by atoms with Crippen LogP contribution in [0.2, 0.25) is 0 Å². The number of hydrogen-bond donors (Lipinski definition) is 1. The minimum absolute atomic E-state index is 0.0691. The Bertz CT molecular complexity index is 580. The lowest BCUT2D eigenvalue weighted by molar-refractivity contribution is -0.138. The Balaban J connectivity index is 2.58. The van der Waals surface area contributed by atoms with Gasteiger partial charge in [-0.15, -0.1) is 0 Å². The van der Waals surface area contributed by atoms with E-state index in [4.69, 9.17) is 14.3 Å². The van der Waals surface area contributed by atoms with Gasteiger partial charge < -0.3 is 14.3 Å². The van der Waals surface area contributed by atoms with Gasteiger partial charge in [0.2, 0.25) is 0 Å². The van der Waals surface area contributed by atoms with Gasteiger partial charge in [-0.25, -0.2) is 0 Å². The van der Waals surface area contributed by atoms with Crippen LogP contribution in [0.25, 0.3) is 11.0 Å². The van der Waals surface area contributed by atoms with Crippen LogP contribution in [0.3, 0.4) is 0 Å². The number of carbonyl (C=O) groups is 1. The summed E-state index contributed by atoms with van der Waals surface area (Å²) in [5.74, 6) is -0.155. The van der Waals surface area contributed by atoms with Crippen LogP contribution < -0.4 is 4.74 Å². The molecule has 0 saturated carbocycles. The highest BCUT2D eigenvalue weighted by Gasteiger charge is 2.27. The van der Waals surface area contributed by atoms with E-state index < -0.39 is 11.4 Å². The quantitative estimate of drug-likeness (QED) is 0.902. The maximum absolute atomic E-state index is 10.9. The van der Waals surface area contributed by atoms with E-state index in [2.05, 4.69) is 0 Å². The lowest BCUT2D eigenvalue weighted by Gasteiger charge is -2.24. The molecule has 1 N–H and O–H groups in total. The normalized spacial score (nSPS) is 11.7. The Labute approximate surface area is 105 Å². The van der Waals surface area contributed by atoms with Gasteiger partial charge in [0.15, 0.2) is 11.3 Å². The second kappa shape index (κ2) is 4.37. The number of methoxy groups -OCH3 is 1. The van der Waals surface area contributed by atoms with E-state index in [1.165, 1.54) is 0 Å². The third-order valence-corrected chi connectivity index (χ3v) is 3.12. The van der Waals surface area contributed by atoms with E-state index in [0.717, 1.165) is 10.9 Å². The molecule has 0 aliphatic rings. The molecule has 2 rings (SSSR count). The average molecular weight is 248 g/mol. The van der Waals surface area contributed by atoms with Gasteiger partial charge in [0.1, 0.15) is 0 Å². The maximum Gasteiger partial charge on any atom is 0.304 e. The molecule has 1 heterocycles. The van der Waals surface area contributed by atoms with E-state index in [-0.39, 0.29) is 6.42 Å². The molecule has 0 unspecified atom stereocenters. The molecular formula is C14H16O4. The molecule has 0 aliphatic carbocycles. The summed E-state index contributed by atoms with van der Waals surface area (Å²) >= 11 is 0. The van der Waals surface area contributed by atoms with E-state index >= 15 is 0 Å². The molecule has 4 nitrogen and oxygen atoms in total. The van der Waals surface area contributed by atoms with Crippen LogP contribution in [0, 0.1) is 0 Å². The molecule has 0 saturated heterocycles. The van der Waals surface area contributed by atoms with E-state index in [1.807, 2.05) is 32.0 Å². The van der Waals surface area contributed by atoms with Crippen molar-refractivity contribution in [2.45, 2.75) is 25.7 Å². The van der Waals surface area contributed by atoms with Gasteiger partial charge in [-0.05, 0) is 17.7 Å². The average Bonchev–Trinajstić information content (AvgIpc) is 2.74. The maximum atomic E-state index is 10.9. The molecule has 0 fully saturated rings. The molecule has 2 aromatic rings. The molecule has 0 bridgehead atoms. The topological polar surface area (TPSA) is 59.7 Å². The van der Waals surface area contributed by atoms with E-state index in [9.17, 15) is 4.79 Å². The number of benzene rings is 1. The zero-order valence-corrected chi connectivity index (χ0v) is 10.7. The van der Waals surface area contributed by atoms with Gasteiger partial charge in [0.05, 0.1) is 19.8 Å². The summed E-state index contributed by atoms with van der Waals surface area (Å²) < 4.78 is 10.6. The number of rotatable bonds is 4. The van der Waals surface area contributed by atoms with Crippen LogP contribution >= 0.6 is 0 Å². The van der Waals surface area contributed by atoms with Crippen molar-refractivity contribution in [1.29, 1.82) is 0 Å². The first-order chi connectivity index (χ1) is 8.45. The first-order valence-electron chi connectivity index (χ1n) is 5.72. The highest BCUT2D eigenvalue weighted by atomic mass is 16.5. The fourth-order valence-electron chi connectivity index (χ4n) is 2.26. The lowest BCUT2D eigenvalue weighted by atomic mass is 9.80. The largest absolute Gasteiger partial charge is 0.493 e. The minimum Gasteiger partial charge on any atom is -0.493 e. The summed E-state index contributed by atoms with van der Waals surface area (Å²) in [7, 11) is 1.58. The van der Waals surface area contributed by atoms with Crippen molar-refractivity contribution in [2.24, 2.45) is 0 Å². The van der Waals surface area contributed by atoms with Crippen LogP contribution in [0.5, 0.6) is 5.75 Å². The van der Waals surface area contributed by atoms with Crippen molar-refractivity contribution in [2.75, 3.05) is 7.11 Å². The molecule has 96 valence electrons. The number of hydrogen-bond acceptors (Lipinski definition) is 3. The predicted molar refractivity (Wildman–Crippen MR) is 68.0 cm³/mol. The third-order valence-electron chi connectivity index (χ3n) is 3.12. The van der Waals surface area contributed by atoms with Crippen molar-refractivity contribution in [3.8, 4) is 5.75 Å². The molecule has 0 spiro atoms. The molecule has 0 atom stereocenters. The van der Waals surface area contributed by atoms with Gasteiger partial charge in [0, 0.05) is 10.8 Å². The fourth-order valence-corrected chi connectivity index (χ4v) is 2.26. The first-order valence-corrected chi connectivity index (χ1v) is 5.72. The summed E-state index contributed by atoms with van der Waals surface area (Å²) in [5, 5.41) is 9.89. The van der Waals surface area contributed by atoms with Crippen LogP contribution in [-0.4, -0.2) is 18.2 Å². The highest BCUT2D eigenvalue weighted by molar-refractivity contribution is 5.87. The Hall–Kier alpha value is -1.97. The van der Waals surface area contributed by atoms with E-state index in [0.29, 0.717) is 11.3 Å². The Morgan fingerprint density at radius 3 is 2.72 bits per heavy atom. The van der Waals surface area contributed by atoms with Crippen LogP contribution in [-0.2, 0) is 10.2 Å². The number of furan rings is 1. The van der Waals surface area contributed by atoms with Crippen LogP contribution in [0.1, 0.15) is 25.8 Å². The molecule has 0 amide bonds. The second-order valence-corrected chi connectivity index (χ2v) is 4.93. The Kier molecular flexibility index (Phi) is 3.03. The van der Waals surface area contributed by atoms with Crippen molar-refractivity contribution in [1.82, 2.24) is 0 Å².